The first-order valence-corrected chi connectivity index (χ1v) is 5.77. The summed E-state index contributed by atoms with van der Waals surface area (Å²) in [5.74, 6) is -1.04. The van der Waals surface area contributed by atoms with E-state index in [-0.39, 0.29) is 18.0 Å². The number of rotatable bonds is 4. The van der Waals surface area contributed by atoms with Crippen LogP contribution in [0.5, 0.6) is 5.75 Å². The van der Waals surface area contributed by atoms with Crippen LogP contribution < -0.4 is 4.74 Å². The standard InChI is InChI=1S/C15H13FO3/c1-10-2-7-14(13(8-10)15(17)18)19-9-11-3-5-12(16)6-4-11/h2-8H,9H2,1H3,(H,17,18). The molecule has 0 bridgehead atoms. The van der Waals surface area contributed by atoms with Crippen molar-refractivity contribution in [2.75, 3.05) is 0 Å². The summed E-state index contributed by atoms with van der Waals surface area (Å²) >= 11 is 0. The number of hydrogen-bond donors (Lipinski definition) is 1. The van der Waals surface area contributed by atoms with Gasteiger partial charge in [-0.05, 0) is 36.8 Å². The smallest absolute Gasteiger partial charge is 0.339 e. The number of carboxylic acids is 1. The Hall–Kier alpha value is -2.36. The highest BCUT2D eigenvalue weighted by molar-refractivity contribution is 5.91. The lowest BCUT2D eigenvalue weighted by Gasteiger charge is -2.10. The van der Waals surface area contributed by atoms with E-state index in [2.05, 4.69) is 0 Å². The highest BCUT2D eigenvalue weighted by atomic mass is 19.1. The van der Waals surface area contributed by atoms with Crippen molar-refractivity contribution >= 4 is 5.97 Å². The van der Waals surface area contributed by atoms with Gasteiger partial charge in [-0.2, -0.15) is 0 Å². The summed E-state index contributed by atoms with van der Waals surface area (Å²) in [6.45, 7) is 2.01. The van der Waals surface area contributed by atoms with Crippen molar-refractivity contribution in [1.82, 2.24) is 0 Å². The first kappa shape index (κ1) is 13.1. The largest absolute Gasteiger partial charge is 0.488 e. The van der Waals surface area contributed by atoms with E-state index in [0.717, 1.165) is 11.1 Å². The highest BCUT2D eigenvalue weighted by Crippen LogP contribution is 2.21. The molecule has 0 saturated heterocycles. The fraction of sp³-hybridized carbons (Fsp3) is 0.133. The van der Waals surface area contributed by atoms with Crippen molar-refractivity contribution in [3.05, 3.63) is 65.0 Å². The van der Waals surface area contributed by atoms with Crippen molar-refractivity contribution in [3.63, 3.8) is 0 Å². The van der Waals surface area contributed by atoms with Crippen LogP contribution in [0.2, 0.25) is 0 Å². The van der Waals surface area contributed by atoms with E-state index in [1.807, 2.05) is 6.92 Å². The van der Waals surface area contributed by atoms with E-state index in [1.54, 1.807) is 30.3 Å². The number of hydrogen-bond acceptors (Lipinski definition) is 2. The third-order valence-corrected chi connectivity index (χ3v) is 2.67. The molecular weight excluding hydrogens is 247 g/mol. The van der Waals surface area contributed by atoms with Crippen LogP contribution in [0, 0.1) is 12.7 Å². The van der Waals surface area contributed by atoms with Crippen molar-refractivity contribution in [3.8, 4) is 5.75 Å². The second-order valence-corrected chi connectivity index (χ2v) is 4.22. The van der Waals surface area contributed by atoms with Crippen molar-refractivity contribution < 1.29 is 19.0 Å². The molecule has 0 aliphatic rings. The Morgan fingerprint density at radius 2 is 1.89 bits per heavy atom. The molecule has 0 aromatic heterocycles. The Labute approximate surface area is 110 Å². The van der Waals surface area contributed by atoms with Crippen LogP contribution in [-0.2, 0) is 6.61 Å². The fourth-order valence-electron chi connectivity index (χ4n) is 1.68. The molecule has 2 aromatic rings. The monoisotopic (exact) mass is 260 g/mol. The molecule has 0 amide bonds. The molecule has 0 radical (unpaired) electrons. The normalized spacial score (nSPS) is 10.2. The average Bonchev–Trinajstić information content (AvgIpc) is 2.39. The van der Waals surface area contributed by atoms with Crippen molar-refractivity contribution in [2.45, 2.75) is 13.5 Å². The quantitative estimate of drug-likeness (QED) is 0.916. The molecule has 4 heteroatoms. The third-order valence-electron chi connectivity index (χ3n) is 2.67. The summed E-state index contributed by atoms with van der Waals surface area (Å²) in [6, 6.07) is 10.9. The van der Waals surface area contributed by atoms with Gasteiger partial charge in [0.25, 0.3) is 0 Å². The molecule has 0 unspecified atom stereocenters. The van der Waals surface area contributed by atoms with Gasteiger partial charge in [0.15, 0.2) is 0 Å². The molecule has 0 fully saturated rings. The van der Waals surface area contributed by atoms with Crippen LogP contribution in [0.1, 0.15) is 21.5 Å². The topological polar surface area (TPSA) is 46.5 Å². The maximum Gasteiger partial charge on any atom is 0.339 e. The van der Waals surface area contributed by atoms with Crippen LogP contribution in [0.25, 0.3) is 0 Å². The maximum absolute atomic E-state index is 12.7. The van der Waals surface area contributed by atoms with E-state index in [0.29, 0.717) is 5.75 Å². The Kier molecular flexibility index (Phi) is 3.80. The number of aryl methyl sites for hydroxylation is 1. The minimum Gasteiger partial charge on any atom is -0.488 e. The highest BCUT2D eigenvalue weighted by Gasteiger charge is 2.11. The Balaban J connectivity index is 2.15. The van der Waals surface area contributed by atoms with Crippen LogP contribution >= 0.6 is 0 Å². The van der Waals surface area contributed by atoms with E-state index < -0.39 is 5.97 Å². The number of halogens is 1. The molecule has 0 heterocycles. The third kappa shape index (κ3) is 3.31. The zero-order valence-electron chi connectivity index (χ0n) is 10.4. The van der Waals surface area contributed by atoms with Gasteiger partial charge < -0.3 is 9.84 Å². The van der Waals surface area contributed by atoms with Gasteiger partial charge >= 0.3 is 5.97 Å². The summed E-state index contributed by atoms with van der Waals surface area (Å²) in [4.78, 5) is 11.1. The predicted octanol–water partition coefficient (Wildman–Crippen LogP) is 3.41. The van der Waals surface area contributed by atoms with Gasteiger partial charge in [0.1, 0.15) is 23.7 Å². The number of ether oxygens (including phenoxy) is 1. The first-order chi connectivity index (χ1) is 9.06. The first-order valence-electron chi connectivity index (χ1n) is 5.77. The van der Waals surface area contributed by atoms with Crippen LogP contribution in [0.3, 0.4) is 0 Å². The van der Waals surface area contributed by atoms with Crippen LogP contribution in [0.4, 0.5) is 4.39 Å². The molecule has 0 spiro atoms. The molecule has 2 rings (SSSR count). The zero-order valence-corrected chi connectivity index (χ0v) is 10.4. The predicted molar refractivity (Wildman–Crippen MR) is 68.9 cm³/mol. The van der Waals surface area contributed by atoms with Gasteiger partial charge in [0.05, 0.1) is 0 Å². The van der Waals surface area contributed by atoms with Gasteiger partial charge in [0, 0.05) is 0 Å². The zero-order chi connectivity index (χ0) is 13.8. The van der Waals surface area contributed by atoms with E-state index in [9.17, 15) is 9.18 Å². The SMILES string of the molecule is Cc1ccc(OCc2ccc(F)cc2)c(C(=O)O)c1. The van der Waals surface area contributed by atoms with Gasteiger partial charge in [0.2, 0.25) is 0 Å². The summed E-state index contributed by atoms with van der Waals surface area (Å²) in [6.07, 6.45) is 0. The Bertz CT molecular complexity index is 591. The van der Waals surface area contributed by atoms with Crippen LogP contribution in [0.15, 0.2) is 42.5 Å². The lowest BCUT2D eigenvalue weighted by molar-refractivity contribution is 0.0691. The molecular formula is C15H13FO3. The second-order valence-electron chi connectivity index (χ2n) is 4.22. The minimum absolute atomic E-state index is 0.127. The molecule has 0 aliphatic heterocycles. The number of carbonyl (C=O) groups is 1. The van der Waals surface area contributed by atoms with Crippen molar-refractivity contribution in [2.24, 2.45) is 0 Å². The Morgan fingerprint density at radius 3 is 2.53 bits per heavy atom. The molecule has 2 aromatic carbocycles. The number of aromatic carboxylic acids is 1. The van der Waals surface area contributed by atoms with E-state index in [4.69, 9.17) is 9.84 Å². The summed E-state index contributed by atoms with van der Waals surface area (Å²) < 4.78 is 18.2. The summed E-state index contributed by atoms with van der Waals surface area (Å²) in [7, 11) is 0. The van der Waals surface area contributed by atoms with Gasteiger partial charge in [-0.25, -0.2) is 9.18 Å². The fourth-order valence-corrected chi connectivity index (χ4v) is 1.68. The molecule has 98 valence electrons. The van der Waals surface area contributed by atoms with Crippen LogP contribution in [-0.4, -0.2) is 11.1 Å². The molecule has 19 heavy (non-hydrogen) atoms. The van der Waals surface area contributed by atoms with E-state index >= 15 is 0 Å². The molecule has 0 atom stereocenters. The molecule has 0 saturated carbocycles. The lowest BCUT2D eigenvalue weighted by atomic mass is 10.1. The minimum atomic E-state index is -1.03. The molecule has 3 nitrogen and oxygen atoms in total. The molecule has 1 N–H and O–H groups in total. The summed E-state index contributed by atoms with van der Waals surface area (Å²) in [5, 5.41) is 9.09. The maximum atomic E-state index is 12.7. The van der Waals surface area contributed by atoms with Crippen molar-refractivity contribution in [1.29, 1.82) is 0 Å². The van der Waals surface area contributed by atoms with Gasteiger partial charge in [-0.15, -0.1) is 0 Å². The van der Waals surface area contributed by atoms with Gasteiger partial charge in [-0.3, -0.25) is 0 Å². The van der Waals surface area contributed by atoms with Gasteiger partial charge in [-0.1, -0.05) is 23.8 Å². The summed E-state index contributed by atoms with van der Waals surface area (Å²) in [5.41, 5.74) is 1.76. The second kappa shape index (κ2) is 5.52. The van der Waals surface area contributed by atoms with E-state index in [1.165, 1.54) is 12.1 Å². The number of benzene rings is 2. The average molecular weight is 260 g/mol. The lowest BCUT2D eigenvalue weighted by Crippen LogP contribution is -2.03. The number of carboxylic acid groups (broad SMARTS) is 1. The molecule has 0 aliphatic carbocycles. The Morgan fingerprint density at radius 1 is 1.21 bits per heavy atom.